The van der Waals surface area contributed by atoms with E-state index in [-0.39, 0.29) is 18.8 Å². The van der Waals surface area contributed by atoms with Crippen molar-refractivity contribution >= 4 is 17.7 Å². The molecule has 0 N–H and O–H groups in total. The average Bonchev–Trinajstić information content (AvgIpc) is 2.54. The number of benzene rings is 1. The van der Waals surface area contributed by atoms with Crippen LogP contribution < -0.4 is 9.47 Å². The predicted molar refractivity (Wildman–Crippen MR) is 80.3 cm³/mol. The van der Waals surface area contributed by atoms with E-state index in [0.29, 0.717) is 5.75 Å². The van der Waals surface area contributed by atoms with Crippen molar-refractivity contribution < 1.29 is 37.7 Å². The Morgan fingerprint density at radius 2 is 1.92 bits per heavy atom. The lowest BCUT2D eigenvalue weighted by Crippen LogP contribution is -2.26. The highest BCUT2D eigenvalue weighted by molar-refractivity contribution is 6.34. The minimum absolute atomic E-state index is 0.0160. The molecule has 0 bridgehead atoms. The fraction of sp³-hybridized carbons (Fsp3) is 0.438. The molecule has 132 valence electrons. The number of carbonyl (C=O) groups is 3. The van der Waals surface area contributed by atoms with Crippen molar-refractivity contribution in [3.63, 3.8) is 0 Å². The van der Waals surface area contributed by atoms with Gasteiger partial charge in [-0.05, 0) is 26.0 Å². The van der Waals surface area contributed by atoms with E-state index >= 15 is 0 Å². The summed E-state index contributed by atoms with van der Waals surface area (Å²) in [5.74, 6) is -2.91. The number of ketones is 1. The van der Waals surface area contributed by atoms with Crippen LogP contribution in [0.15, 0.2) is 18.2 Å². The standard InChI is InChI=1S/C16H19FO7/c1-4-22-16(20)13(18)9-23-15(19)7-10(2)24-11-5-6-12(17)14(8-11)21-3/h5-6,8,10H,4,7,9H2,1-3H3. The summed E-state index contributed by atoms with van der Waals surface area (Å²) in [5.41, 5.74) is 0. The summed E-state index contributed by atoms with van der Waals surface area (Å²) < 4.78 is 32.7. The number of halogens is 1. The van der Waals surface area contributed by atoms with Crippen LogP contribution in [0.4, 0.5) is 4.39 Å². The number of hydrogen-bond acceptors (Lipinski definition) is 7. The fourth-order valence-corrected chi connectivity index (χ4v) is 1.70. The predicted octanol–water partition coefficient (Wildman–Crippen LogP) is 1.67. The molecule has 1 unspecified atom stereocenters. The van der Waals surface area contributed by atoms with Gasteiger partial charge in [0.05, 0.1) is 20.1 Å². The highest BCUT2D eigenvalue weighted by Gasteiger charge is 2.19. The maximum absolute atomic E-state index is 13.3. The molecule has 1 atom stereocenters. The van der Waals surface area contributed by atoms with Gasteiger partial charge in [0.15, 0.2) is 18.2 Å². The van der Waals surface area contributed by atoms with Gasteiger partial charge < -0.3 is 18.9 Å². The Hall–Kier alpha value is -2.64. The molecule has 0 heterocycles. The second kappa shape index (κ2) is 9.49. The van der Waals surface area contributed by atoms with Crippen molar-refractivity contribution in [2.24, 2.45) is 0 Å². The molecule has 8 heteroatoms. The summed E-state index contributed by atoms with van der Waals surface area (Å²) in [6, 6.07) is 3.92. The molecule has 1 rings (SSSR count). The number of methoxy groups -OCH3 is 1. The van der Waals surface area contributed by atoms with Crippen molar-refractivity contribution in [1.29, 1.82) is 0 Å². The van der Waals surface area contributed by atoms with Gasteiger partial charge in [-0.15, -0.1) is 0 Å². The fourth-order valence-electron chi connectivity index (χ4n) is 1.70. The second-order valence-corrected chi connectivity index (χ2v) is 4.73. The molecule has 1 aromatic carbocycles. The van der Waals surface area contributed by atoms with Gasteiger partial charge in [0.2, 0.25) is 0 Å². The Bertz CT molecular complexity index is 600. The first-order valence-corrected chi connectivity index (χ1v) is 7.23. The maximum Gasteiger partial charge on any atom is 0.378 e. The third kappa shape index (κ3) is 6.23. The molecule has 0 spiro atoms. The molecule has 0 amide bonds. The van der Waals surface area contributed by atoms with Gasteiger partial charge in [-0.1, -0.05) is 0 Å². The summed E-state index contributed by atoms with van der Waals surface area (Å²) in [4.78, 5) is 34.0. The van der Waals surface area contributed by atoms with Crippen molar-refractivity contribution in [2.45, 2.75) is 26.4 Å². The van der Waals surface area contributed by atoms with Gasteiger partial charge in [-0.2, -0.15) is 0 Å². The highest BCUT2D eigenvalue weighted by Crippen LogP contribution is 2.24. The molecule has 0 fully saturated rings. The lowest BCUT2D eigenvalue weighted by atomic mass is 10.2. The SMILES string of the molecule is CCOC(=O)C(=O)COC(=O)CC(C)Oc1ccc(F)c(OC)c1. The van der Waals surface area contributed by atoms with Crippen LogP contribution in [-0.4, -0.2) is 44.1 Å². The zero-order chi connectivity index (χ0) is 18.1. The summed E-state index contributed by atoms with van der Waals surface area (Å²) >= 11 is 0. The zero-order valence-electron chi connectivity index (χ0n) is 13.7. The van der Waals surface area contributed by atoms with Gasteiger partial charge >= 0.3 is 11.9 Å². The first-order valence-electron chi connectivity index (χ1n) is 7.23. The number of ether oxygens (including phenoxy) is 4. The normalized spacial score (nSPS) is 11.3. The highest BCUT2D eigenvalue weighted by atomic mass is 19.1. The second-order valence-electron chi connectivity index (χ2n) is 4.73. The van der Waals surface area contributed by atoms with Crippen LogP contribution in [0.5, 0.6) is 11.5 Å². The zero-order valence-corrected chi connectivity index (χ0v) is 13.7. The Balaban J connectivity index is 2.44. The molecule has 1 aromatic rings. The smallest absolute Gasteiger partial charge is 0.378 e. The quantitative estimate of drug-likeness (QED) is 0.498. The van der Waals surface area contributed by atoms with Crippen LogP contribution in [0.1, 0.15) is 20.3 Å². The van der Waals surface area contributed by atoms with E-state index in [1.54, 1.807) is 13.8 Å². The first kappa shape index (κ1) is 19.4. The summed E-state index contributed by atoms with van der Waals surface area (Å²) in [5, 5.41) is 0. The van der Waals surface area contributed by atoms with Crippen molar-refractivity contribution in [3.8, 4) is 11.5 Å². The van der Waals surface area contributed by atoms with Crippen LogP contribution in [-0.2, 0) is 23.9 Å². The Morgan fingerprint density at radius 1 is 1.21 bits per heavy atom. The number of esters is 2. The number of carbonyl (C=O) groups excluding carboxylic acids is 3. The molecule has 0 aromatic heterocycles. The summed E-state index contributed by atoms with van der Waals surface area (Å²) in [7, 11) is 1.32. The average molecular weight is 342 g/mol. The Labute approximate surface area is 138 Å². The third-order valence-electron chi connectivity index (χ3n) is 2.78. The number of rotatable bonds is 9. The first-order chi connectivity index (χ1) is 11.4. The lowest BCUT2D eigenvalue weighted by molar-refractivity contribution is -0.159. The monoisotopic (exact) mass is 342 g/mol. The van der Waals surface area contributed by atoms with E-state index in [1.807, 2.05) is 0 Å². The molecule has 0 saturated carbocycles. The molecule has 0 aliphatic rings. The Kier molecular flexibility index (Phi) is 7.67. The van der Waals surface area contributed by atoms with E-state index in [2.05, 4.69) is 9.47 Å². The van der Waals surface area contributed by atoms with Gasteiger partial charge in [0.25, 0.3) is 5.78 Å². The molecule has 24 heavy (non-hydrogen) atoms. The van der Waals surface area contributed by atoms with E-state index in [1.165, 1.54) is 25.3 Å². The lowest BCUT2D eigenvalue weighted by Gasteiger charge is -2.14. The van der Waals surface area contributed by atoms with Crippen molar-refractivity contribution in [2.75, 3.05) is 20.3 Å². The Morgan fingerprint density at radius 3 is 2.54 bits per heavy atom. The summed E-state index contributed by atoms with van der Waals surface area (Å²) in [6.07, 6.45) is -0.749. The van der Waals surface area contributed by atoms with E-state index in [9.17, 15) is 18.8 Å². The van der Waals surface area contributed by atoms with Crippen LogP contribution in [0.2, 0.25) is 0 Å². The number of hydrogen-bond donors (Lipinski definition) is 0. The molecule has 0 aliphatic heterocycles. The minimum Gasteiger partial charge on any atom is -0.494 e. The molecular weight excluding hydrogens is 323 g/mol. The van der Waals surface area contributed by atoms with Gasteiger partial charge in [-0.25, -0.2) is 9.18 Å². The molecule has 0 aliphatic carbocycles. The van der Waals surface area contributed by atoms with Crippen LogP contribution in [0, 0.1) is 5.82 Å². The maximum atomic E-state index is 13.3. The van der Waals surface area contributed by atoms with Gasteiger partial charge in [0.1, 0.15) is 11.9 Å². The number of Topliss-reactive ketones (excluding diaryl/α,β-unsaturated/α-hetero) is 1. The van der Waals surface area contributed by atoms with E-state index in [0.717, 1.165) is 0 Å². The minimum atomic E-state index is -1.05. The van der Waals surface area contributed by atoms with Crippen molar-refractivity contribution in [1.82, 2.24) is 0 Å². The molecular formula is C16H19FO7. The third-order valence-corrected chi connectivity index (χ3v) is 2.78. The van der Waals surface area contributed by atoms with E-state index in [4.69, 9.17) is 9.47 Å². The van der Waals surface area contributed by atoms with Crippen LogP contribution in [0.3, 0.4) is 0 Å². The van der Waals surface area contributed by atoms with Gasteiger partial charge in [0, 0.05) is 6.07 Å². The summed E-state index contributed by atoms with van der Waals surface area (Å²) in [6.45, 7) is 2.53. The van der Waals surface area contributed by atoms with Gasteiger partial charge in [-0.3, -0.25) is 9.59 Å². The topological polar surface area (TPSA) is 88.1 Å². The molecule has 0 radical (unpaired) electrons. The molecule has 7 nitrogen and oxygen atoms in total. The van der Waals surface area contributed by atoms with Crippen LogP contribution >= 0.6 is 0 Å². The molecule has 0 saturated heterocycles. The van der Waals surface area contributed by atoms with Crippen LogP contribution in [0.25, 0.3) is 0 Å². The largest absolute Gasteiger partial charge is 0.494 e. The van der Waals surface area contributed by atoms with Crippen molar-refractivity contribution in [3.05, 3.63) is 24.0 Å². The van der Waals surface area contributed by atoms with E-state index < -0.39 is 36.2 Å².